The molecular weight excluding hydrogens is 150 g/mol. The van der Waals surface area contributed by atoms with E-state index in [-0.39, 0.29) is 9.52 Å². The van der Waals surface area contributed by atoms with Crippen LogP contribution in [0.2, 0.25) is 11.1 Å². The van der Waals surface area contributed by atoms with E-state index in [2.05, 4.69) is 39.8 Å². The lowest BCUT2D eigenvalue weighted by atomic mass is 10.4. The minimum absolute atomic E-state index is 0.176. The normalized spacial score (nSPS) is 18.0. The molecule has 2 unspecified atom stereocenters. The van der Waals surface area contributed by atoms with E-state index in [9.17, 15) is 0 Å². The first-order valence-electron chi connectivity index (χ1n) is 4.71. The van der Waals surface area contributed by atoms with Crippen LogP contribution in [0.5, 0.6) is 0 Å². The van der Waals surface area contributed by atoms with E-state index in [1.54, 1.807) is 0 Å². The van der Waals surface area contributed by atoms with Gasteiger partial charge < -0.3 is 4.90 Å². The maximum absolute atomic E-state index is 2.40. The number of rotatable bonds is 5. The van der Waals surface area contributed by atoms with Gasteiger partial charge in [-0.15, -0.1) is 0 Å². The number of hydrogen-bond donors (Lipinski definition) is 0. The average molecular weight is 173 g/mol. The van der Waals surface area contributed by atoms with Gasteiger partial charge in [-0.1, -0.05) is 32.7 Å². The van der Waals surface area contributed by atoms with Gasteiger partial charge in [0.25, 0.3) is 0 Å². The first-order valence-corrected chi connectivity index (χ1v) is 6.34. The molecule has 0 aromatic carbocycles. The highest BCUT2D eigenvalue weighted by Gasteiger charge is 2.08. The molecule has 2 atom stereocenters. The first-order chi connectivity index (χ1) is 5.06. The summed E-state index contributed by atoms with van der Waals surface area (Å²) in [6.45, 7) is 8.40. The predicted molar refractivity (Wildman–Crippen MR) is 56.2 cm³/mol. The lowest BCUT2D eigenvalue weighted by Gasteiger charge is -2.18. The Kier molecular flexibility index (Phi) is 5.87. The third-order valence-electron chi connectivity index (χ3n) is 2.18. The molecule has 0 radical (unpaired) electrons. The zero-order valence-electron chi connectivity index (χ0n) is 8.72. The number of hydrogen-bond acceptors (Lipinski definition) is 1. The summed E-state index contributed by atoms with van der Waals surface area (Å²) in [6, 6.07) is 0. The predicted octanol–water partition coefficient (Wildman–Crippen LogP) is 1.74. The van der Waals surface area contributed by atoms with Crippen molar-refractivity contribution in [1.29, 1.82) is 0 Å². The van der Waals surface area contributed by atoms with Crippen LogP contribution in [0.25, 0.3) is 0 Å². The Hall–Kier alpha value is 0.177. The molecule has 2 heteroatoms. The van der Waals surface area contributed by atoms with Gasteiger partial charge in [0.1, 0.15) is 0 Å². The molecule has 0 rings (SSSR count). The summed E-state index contributed by atoms with van der Waals surface area (Å²) < 4.78 is 0. The molecule has 0 fully saturated rings. The zero-order valence-corrected chi connectivity index (χ0v) is 10.1. The molecule has 0 amide bonds. The second-order valence-corrected chi connectivity index (χ2v) is 7.38. The fourth-order valence-electron chi connectivity index (χ4n) is 1.55. The van der Waals surface area contributed by atoms with E-state index < -0.39 is 0 Å². The lowest BCUT2D eigenvalue weighted by Crippen LogP contribution is -2.21. The Morgan fingerprint density at radius 3 is 2.09 bits per heavy atom. The highest BCUT2D eigenvalue weighted by Crippen LogP contribution is 2.14. The highest BCUT2D eigenvalue weighted by atomic mass is 28.2. The molecular formula is C9H23NSi. The summed E-state index contributed by atoms with van der Waals surface area (Å²) in [5, 5.41) is 0. The maximum atomic E-state index is 2.40. The van der Waals surface area contributed by atoms with Gasteiger partial charge in [-0.2, -0.15) is 0 Å². The Bertz CT molecular complexity index is 93.6. The molecule has 1 nitrogen and oxygen atoms in total. The smallest absolute Gasteiger partial charge is 0.0273 e. The summed E-state index contributed by atoms with van der Waals surface area (Å²) in [4.78, 5) is 2.31. The van der Waals surface area contributed by atoms with Gasteiger partial charge >= 0.3 is 0 Å². The van der Waals surface area contributed by atoms with Crippen molar-refractivity contribution in [3.63, 3.8) is 0 Å². The molecule has 0 aliphatic rings. The second kappa shape index (κ2) is 5.78. The fraction of sp³-hybridized carbons (Fsp3) is 1.00. The van der Waals surface area contributed by atoms with Crippen LogP contribution >= 0.6 is 0 Å². The summed E-state index contributed by atoms with van der Waals surface area (Å²) in [5.41, 5.74) is 2.02. The van der Waals surface area contributed by atoms with Crippen molar-refractivity contribution in [2.45, 2.75) is 38.3 Å². The van der Waals surface area contributed by atoms with Crippen molar-refractivity contribution in [2.75, 3.05) is 20.6 Å². The van der Waals surface area contributed by atoms with Crippen LogP contribution in [-0.4, -0.2) is 35.1 Å². The largest absolute Gasteiger partial charge is 0.309 e. The molecule has 0 aromatic rings. The minimum Gasteiger partial charge on any atom is -0.309 e. The van der Waals surface area contributed by atoms with Crippen LogP contribution in [0.1, 0.15) is 27.2 Å². The standard InChI is InChI=1S/C9H23NSi/c1-6-8(2)11-9(3)7-10(4)5/h8-9H,6-7,11H2,1-5H3. The van der Waals surface area contributed by atoms with Crippen LogP contribution in [0.4, 0.5) is 0 Å². The van der Waals surface area contributed by atoms with E-state index in [1.165, 1.54) is 13.0 Å². The van der Waals surface area contributed by atoms with Gasteiger partial charge in [0, 0.05) is 9.52 Å². The molecule has 0 aliphatic heterocycles. The van der Waals surface area contributed by atoms with Crippen molar-refractivity contribution in [1.82, 2.24) is 4.90 Å². The molecule has 0 spiro atoms. The fourth-order valence-corrected chi connectivity index (χ4v) is 3.92. The minimum atomic E-state index is 0.176. The summed E-state index contributed by atoms with van der Waals surface area (Å²) in [5.74, 6) is 0. The maximum Gasteiger partial charge on any atom is 0.0273 e. The number of nitrogens with zero attached hydrogens (tertiary/aromatic N) is 1. The third-order valence-corrected chi connectivity index (χ3v) is 4.62. The molecule has 0 saturated heterocycles. The topological polar surface area (TPSA) is 3.24 Å². The van der Waals surface area contributed by atoms with Crippen molar-refractivity contribution >= 4 is 9.52 Å². The SMILES string of the molecule is CCC(C)[SiH2]C(C)CN(C)C. The van der Waals surface area contributed by atoms with Gasteiger partial charge in [-0.05, 0) is 26.2 Å². The van der Waals surface area contributed by atoms with Gasteiger partial charge in [0.2, 0.25) is 0 Å². The monoisotopic (exact) mass is 173 g/mol. The van der Waals surface area contributed by atoms with Gasteiger partial charge in [-0.25, -0.2) is 0 Å². The van der Waals surface area contributed by atoms with Crippen LogP contribution in [0, 0.1) is 0 Å². The van der Waals surface area contributed by atoms with Crippen molar-refractivity contribution < 1.29 is 0 Å². The van der Waals surface area contributed by atoms with Gasteiger partial charge in [-0.3, -0.25) is 0 Å². The molecule has 0 N–H and O–H groups in total. The van der Waals surface area contributed by atoms with Crippen molar-refractivity contribution in [3.05, 3.63) is 0 Å². The molecule has 11 heavy (non-hydrogen) atoms. The molecule has 0 aromatic heterocycles. The lowest BCUT2D eigenvalue weighted by molar-refractivity contribution is 0.406. The Labute approximate surface area is 74.0 Å². The van der Waals surface area contributed by atoms with Gasteiger partial charge in [0.15, 0.2) is 0 Å². The quantitative estimate of drug-likeness (QED) is 0.573. The zero-order chi connectivity index (χ0) is 8.85. The highest BCUT2D eigenvalue weighted by molar-refractivity contribution is 6.39. The van der Waals surface area contributed by atoms with Crippen LogP contribution in [-0.2, 0) is 0 Å². The molecule has 0 aliphatic carbocycles. The van der Waals surface area contributed by atoms with Crippen LogP contribution in [0.3, 0.4) is 0 Å². The molecule has 68 valence electrons. The van der Waals surface area contributed by atoms with Crippen molar-refractivity contribution in [3.8, 4) is 0 Å². The summed E-state index contributed by atoms with van der Waals surface area (Å²) >= 11 is 0. The van der Waals surface area contributed by atoms with Crippen LogP contribution < -0.4 is 0 Å². The van der Waals surface area contributed by atoms with E-state index >= 15 is 0 Å². The van der Waals surface area contributed by atoms with Crippen molar-refractivity contribution in [2.24, 2.45) is 0 Å². The summed E-state index contributed by atoms with van der Waals surface area (Å²) in [6.07, 6.45) is 1.38. The van der Waals surface area contributed by atoms with Crippen LogP contribution in [0.15, 0.2) is 0 Å². The van der Waals surface area contributed by atoms with E-state index in [1.807, 2.05) is 0 Å². The third kappa shape index (κ3) is 6.57. The molecule has 0 saturated carbocycles. The summed E-state index contributed by atoms with van der Waals surface area (Å²) in [7, 11) is 4.51. The Balaban J connectivity index is 3.43. The first kappa shape index (κ1) is 11.2. The molecule has 0 bridgehead atoms. The molecule has 0 heterocycles. The Morgan fingerprint density at radius 2 is 1.73 bits per heavy atom. The van der Waals surface area contributed by atoms with E-state index in [0.717, 1.165) is 11.1 Å². The Morgan fingerprint density at radius 1 is 1.18 bits per heavy atom. The average Bonchev–Trinajstić information content (AvgIpc) is 1.85. The van der Waals surface area contributed by atoms with E-state index in [0.29, 0.717) is 0 Å². The van der Waals surface area contributed by atoms with E-state index in [4.69, 9.17) is 0 Å². The van der Waals surface area contributed by atoms with Gasteiger partial charge in [0.05, 0.1) is 0 Å². The second-order valence-electron chi connectivity index (χ2n) is 4.12.